The van der Waals surface area contributed by atoms with Gasteiger partial charge in [-0.15, -0.1) is 0 Å². The molecule has 1 aromatic heterocycles. The second-order valence-corrected chi connectivity index (χ2v) is 4.94. The highest BCUT2D eigenvalue weighted by molar-refractivity contribution is 5.60. The zero-order valence-corrected chi connectivity index (χ0v) is 12.2. The van der Waals surface area contributed by atoms with Crippen molar-refractivity contribution in [3.63, 3.8) is 0 Å². The molecule has 0 spiro atoms. The van der Waals surface area contributed by atoms with E-state index in [0.717, 1.165) is 28.3 Å². The van der Waals surface area contributed by atoms with Crippen molar-refractivity contribution in [2.45, 2.75) is 6.92 Å². The van der Waals surface area contributed by atoms with Crippen molar-refractivity contribution in [2.24, 2.45) is 0 Å². The van der Waals surface area contributed by atoms with Gasteiger partial charge in [0.2, 0.25) is 0 Å². The maximum Gasteiger partial charge on any atom is 0.130 e. The Bertz CT molecular complexity index is 815. The Morgan fingerprint density at radius 1 is 0.955 bits per heavy atom. The highest BCUT2D eigenvalue weighted by atomic mass is 16.5. The van der Waals surface area contributed by atoms with Crippen LogP contribution in [0.5, 0.6) is 11.5 Å². The molecule has 106 valence electrons. The fourth-order valence-electron chi connectivity index (χ4n) is 2.12. The minimum Gasteiger partial charge on any atom is -0.457 e. The first-order valence-corrected chi connectivity index (χ1v) is 6.96. The van der Waals surface area contributed by atoms with Gasteiger partial charge in [0.25, 0.3) is 0 Å². The predicted molar refractivity (Wildman–Crippen MR) is 85.6 cm³/mol. The number of hydrogen-bond donors (Lipinski definition) is 0. The molecule has 3 nitrogen and oxygen atoms in total. The molecule has 0 atom stereocenters. The normalized spacial score (nSPS) is 10.0. The average molecular weight is 286 g/mol. The quantitative estimate of drug-likeness (QED) is 0.699. The Labute approximate surface area is 129 Å². The van der Waals surface area contributed by atoms with Crippen LogP contribution < -0.4 is 4.74 Å². The van der Waals surface area contributed by atoms with E-state index in [9.17, 15) is 0 Å². The molecule has 0 saturated carbocycles. The highest BCUT2D eigenvalue weighted by Gasteiger charge is 2.03. The molecule has 3 heteroatoms. The van der Waals surface area contributed by atoms with Gasteiger partial charge < -0.3 is 4.74 Å². The average Bonchev–Trinajstić information content (AvgIpc) is 2.58. The lowest BCUT2D eigenvalue weighted by Gasteiger charge is -2.09. The van der Waals surface area contributed by atoms with Gasteiger partial charge in [-0.1, -0.05) is 18.2 Å². The van der Waals surface area contributed by atoms with E-state index in [1.807, 2.05) is 61.5 Å². The monoisotopic (exact) mass is 286 g/mol. The maximum atomic E-state index is 8.79. The van der Waals surface area contributed by atoms with E-state index in [2.05, 4.69) is 11.1 Å². The van der Waals surface area contributed by atoms with Gasteiger partial charge in [0.1, 0.15) is 17.6 Å². The van der Waals surface area contributed by atoms with Crippen LogP contribution in [-0.2, 0) is 0 Å². The van der Waals surface area contributed by atoms with E-state index < -0.39 is 0 Å². The summed E-state index contributed by atoms with van der Waals surface area (Å²) in [5.74, 6) is 1.64. The van der Waals surface area contributed by atoms with Gasteiger partial charge in [0.05, 0.1) is 11.3 Å². The van der Waals surface area contributed by atoms with Crippen LogP contribution in [0.25, 0.3) is 11.3 Å². The van der Waals surface area contributed by atoms with Crippen molar-refractivity contribution >= 4 is 0 Å². The zero-order valence-electron chi connectivity index (χ0n) is 12.2. The van der Waals surface area contributed by atoms with Crippen LogP contribution in [0, 0.1) is 18.3 Å². The number of para-hydroxylation sites is 1. The van der Waals surface area contributed by atoms with Crippen molar-refractivity contribution in [3.8, 4) is 28.8 Å². The van der Waals surface area contributed by atoms with Gasteiger partial charge in [-0.05, 0) is 55.0 Å². The van der Waals surface area contributed by atoms with Crippen molar-refractivity contribution in [1.29, 1.82) is 5.26 Å². The number of aryl methyl sites for hydroxylation is 1. The predicted octanol–water partition coefficient (Wildman–Crippen LogP) is 4.72. The number of nitriles is 1. The van der Waals surface area contributed by atoms with Gasteiger partial charge in [-0.2, -0.15) is 5.26 Å². The number of pyridine rings is 1. The molecule has 2 aromatic carbocycles. The van der Waals surface area contributed by atoms with Gasteiger partial charge in [-0.25, -0.2) is 0 Å². The Morgan fingerprint density at radius 2 is 1.73 bits per heavy atom. The summed E-state index contributed by atoms with van der Waals surface area (Å²) < 4.78 is 5.87. The third-order valence-corrected chi connectivity index (χ3v) is 3.36. The summed E-state index contributed by atoms with van der Waals surface area (Å²) in [6.07, 6.45) is 1.58. The van der Waals surface area contributed by atoms with Crippen LogP contribution in [0.4, 0.5) is 0 Å². The minimum absolute atomic E-state index is 0.559. The standard InChI is InChI=1S/C19H14N2O/c1-14-4-2-3-5-19(14)22-17-9-7-16(8-10-17)18-11-6-15(12-20)13-21-18/h2-11,13H,1H3. The molecule has 1 heterocycles. The summed E-state index contributed by atoms with van der Waals surface area (Å²) in [6, 6.07) is 21.3. The molecule has 0 radical (unpaired) electrons. The zero-order chi connectivity index (χ0) is 15.4. The molecule has 0 bridgehead atoms. The van der Waals surface area contributed by atoms with Crippen LogP contribution >= 0.6 is 0 Å². The second-order valence-electron chi connectivity index (χ2n) is 4.94. The number of hydrogen-bond acceptors (Lipinski definition) is 3. The smallest absolute Gasteiger partial charge is 0.130 e. The van der Waals surface area contributed by atoms with Crippen LogP contribution in [0.2, 0.25) is 0 Å². The van der Waals surface area contributed by atoms with E-state index >= 15 is 0 Å². The highest BCUT2D eigenvalue weighted by Crippen LogP contribution is 2.26. The number of nitrogens with zero attached hydrogens (tertiary/aromatic N) is 2. The van der Waals surface area contributed by atoms with E-state index in [0.29, 0.717) is 5.56 Å². The SMILES string of the molecule is Cc1ccccc1Oc1ccc(-c2ccc(C#N)cn2)cc1. The number of aromatic nitrogens is 1. The summed E-state index contributed by atoms with van der Waals surface area (Å²) in [4.78, 5) is 4.28. The molecule has 3 aromatic rings. The lowest BCUT2D eigenvalue weighted by molar-refractivity contribution is 0.479. The molecular formula is C19H14N2O. The van der Waals surface area contributed by atoms with Crippen molar-refractivity contribution in [2.75, 3.05) is 0 Å². The fourth-order valence-corrected chi connectivity index (χ4v) is 2.12. The number of ether oxygens (including phenoxy) is 1. The third kappa shape index (κ3) is 2.97. The number of benzene rings is 2. The van der Waals surface area contributed by atoms with E-state index in [1.54, 1.807) is 12.3 Å². The fraction of sp³-hybridized carbons (Fsp3) is 0.0526. The molecule has 0 unspecified atom stereocenters. The van der Waals surface area contributed by atoms with Crippen molar-refractivity contribution in [3.05, 3.63) is 78.0 Å². The molecule has 3 rings (SSSR count). The molecule has 0 aliphatic carbocycles. The first-order valence-electron chi connectivity index (χ1n) is 6.96. The van der Waals surface area contributed by atoms with Gasteiger partial charge in [0.15, 0.2) is 0 Å². The summed E-state index contributed by atoms with van der Waals surface area (Å²) in [6.45, 7) is 2.02. The Kier molecular flexibility index (Phi) is 3.84. The van der Waals surface area contributed by atoms with Crippen LogP contribution in [0.1, 0.15) is 11.1 Å². The molecule has 0 amide bonds. The van der Waals surface area contributed by atoms with E-state index in [-0.39, 0.29) is 0 Å². The van der Waals surface area contributed by atoms with Gasteiger partial charge in [-0.3, -0.25) is 4.98 Å². The topological polar surface area (TPSA) is 45.9 Å². The molecule has 0 aliphatic heterocycles. The van der Waals surface area contributed by atoms with Crippen LogP contribution in [0.15, 0.2) is 66.9 Å². The maximum absolute atomic E-state index is 8.79. The summed E-state index contributed by atoms with van der Waals surface area (Å²) in [7, 11) is 0. The summed E-state index contributed by atoms with van der Waals surface area (Å²) in [5, 5.41) is 8.79. The summed E-state index contributed by atoms with van der Waals surface area (Å²) >= 11 is 0. The van der Waals surface area contributed by atoms with E-state index in [4.69, 9.17) is 10.00 Å². The molecule has 0 N–H and O–H groups in total. The lowest BCUT2D eigenvalue weighted by atomic mass is 10.1. The van der Waals surface area contributed by atoms with Gasteiger partial charge >= 0.3 is 0 Å². The molecule has 0 fully saturated rings. The Morgan fingerprint density at radius 3 is 2.36 bits per heavy atom. The summed E-state index contributed by atoms with van der Waals surface area (Å²) in [5.41, 5.74) is 3.48. The Hall–Kier alpha value is -3.12. The lowest BCUT2D eigenvalue weighted by Crippen LogP contribution is -1.88. The number of rotatable bonds is 3. The first kappa shape index (κ1) is 13.8. The third-order valence-electron chi connectivity index (χ3n) is 3.36. The van der Waals surface area contributed by atoms with E-state index in [1.165, 1.54) is 0 Å². The second kappa shape index (κ2) is 6.11. The molecule has 0 aliphatic rings. The largest absolute Gasteiger partial charge is 0.457 e. The van der Waals surface area contributed by atoms with Crippen molar-refractivity contribution in [1.82, 2.24) is 4.98 Å². The van der Waals surface area contributed by atoms with Crippen molar-refractivity contribution < 1.29 is 4.74 Å². The first-order chi connectivity index (χ1) is 10.8. The van der Waals surface area contributed by atoms with Gasteiger partial charge in [0, 0.05) is 11.8 Å². The van der Waals surface area contributed by atoms with Crippen LogP contribution in [0.3, 0.4) is 0 Å². The minimum atomic E-state index is 0.559. The molecule has 0 saturated heterocycles. The van der Waals surface area contributed by atoms with Crippen LogP contribution in [-0.4, -0.2) is 4.98 Å². The Balaban J connectivity index is 1.80. The molecular weight excluding hydrogens is 272 g/mol. The molecule has 22 heavy (non-hydrogen) atoms.